The van der Waals surface area contributed by atoms with Crippen molar-refractivity contribution in [2.75, 3.05) is 17.1 Å². The highest BCUT2D eigenvalue weighted by molar-refractivity contribution is 7.92. The molecule has 0 aliphatic carbocycles. The van der Waals surface area contributed by atoms with Crippen LogP contribution in [0.5, 0.6) is 0 Å². The predicted octanol–water partition coefficient (Wildman–Crippen LogP) is 4.93. The van der Waals surface area contributed by atoms with Gasteiger partial charge in [0, 0.05) is 22.0 Å². The van der Waals surface area contributed by atoms with E-state index in [4.69, 9.17) is 23.2 Å². The fourth-order valence-corrected chi connectivity index (χ4v) is 5.03. The number of anilines is 1. The zero-order chi connectivity index (χ0) is 25.2. The van der Waals surface area contributed by atoms with Crippen molar-refractivity contribution in [2.24, 2.45) is 5.10 Å². The summed E-state index contributed by atoms with van der Waals surface area (Å²) in [7, 11) is -3.68. The Labute approximate surface area is 210 Å². The first kappa shape index (κ1) is 25.8. The number of hydrogen-bond acceptors (Lipinski definition) is 4. The maximum atomic E-state index is 12.5. The van der Waals surface area contributed by atoms with Crippen molar-refractivity contribution < 1.29 is 13.2 Å². The second-order valence-corrected chi connectivity index (χ2v) is 10.9. The lowest BCUT2D eigenvalue weighted by Crippen LogP contribution is -2.39. The molecule has 0 unspecified atom stereocenters. The summed E-state index contributed by atoms with van der Waals surface area (Å²) in [5.41, 5.74) is 7.90. The molecule has 0 aliphatic heterocycles. The number of carbonyl (C=O) groups excluding carboxylic acids is 1. The number of amides is 1. The number of sulfonamides is 1. The summed E-state index contributed by atoms with van der Waals surface area (Å²) >= 11 is 12.5. The van der Waals surface area contributed by atoms with Gasteiger partial charge in [0.15, 0.2) is 0 Å². The Balaban J connectivity index is 1.79. The number of halogens is 2. The van der Waals surface area contributed by atoms with Gasteiger partial charge in [0.25, 0.3) is 5.91 Å². The molecule has 180 valence electrons. The van der Waals surface area contributed by atoms with E-state index in [-0.39, 0.29) is 0 Å². The van der Waals surface area contributed by atoms with Crippen LogP contribution in [0.2, 0.25) is 10.0 Å². The number of benzene rings is 2. The van der Waals surface area contributed by atoms with Crippen molar-refractivity contribution in [1.29, 1.82) is 0 Å². The quantitative estimate of drug-likeness (QED) is 0.353. The Bertz CT molecular complexity index is 1380. The van der Waals surface area contributed by atoms with Crippen molar-refractivity contribution in [3.63, 3.8) is 0 Å². The molecule has 0 radical (unpaired) electrons. The highest BCUT2D eigenvalue weighted by atomic mass is 35.5. The van der Waals surface area contributed by atoms with E-state index in [0.717, 1.165) is 44.3 Å². The molecule has 1 amide bonds. The Hall–Kier alpha value is -2.81. The third-order valence-electron chi connectivity index (χ3n) is 5.32. The summed E-state index contributed by atoms with van der Waals surface area (Å²) in [6.45, 7) is 7.16. The summed E-state index contributed by atoms with van der Waals surface area (Å²) in [6.07, 6.45) is 2.58. The number of hydrazone groups is 1. The van der Waals surface area contributed by atoms with Crippen LogP contribution in [0.4, 0.5) is 5.69 Å². The van der Waals surface area contributed by atoms with Crippen molar-refractivity contribution in [2.45, 2.75) is 27.7 Å². The number of hydrogen-bond donors (Lipinski definition) is 1. The number of nitrogens with zero attached hydrogens (tertiary/aromatic N) is 3. The summed E-state index contributed by atoms with van der Waals surface area (Å²) in [4.78, 5) is 12.5. The minimum absolute atomic E-state index is 0.392. The van der Waals surface area contributed by atoms with Crippen molar-refractivity contribution in [1.82, 2.24) is 9.99 Å². The van der Waals surface area contributed by atoms with Crippen LogP contribution in [0.25, 0.3) is 5.69 Å². The Morgan fingerprint density at radius 1 is 1.09 bits per heavy atom. The summed E-state index contributed by atoms with van der Waals surface area (Å²) in [5.74, 6) is -0.562. The number of aryl methyl sites for hydroxylation is 3. The lowest BCUT2D eigenvalue weighted by molar-refractivity contribution is -0.119. The van der Waals surface area contributed by atoms with Crippen LogP contribution in [0.1, 0.15) is 28.1 Å². The minimum Gasteiger partial charge on any atom is -0.316 e. The topological polar surface area (TPSA) is 83.8 Å². The van der Waals surface area contributed by atoms with Crippen molar-refractivity contribution in [3.8, 4) is 5.69 Å². The molecule has 10 heteroatoms. The lowest BCUT2D eigenvalue weighted by atomic mass is 10.1. The molecule has 3 aromatic rings. The van der Waals surface area contributed by atoms with E-state index in [1.165, 1.54) is 6.21 Å². The van der Waals surface area contributed by atoms with Gasteiger partial charge in [-0.1, -0.05) is 40.9 Å². The molecular formula is C24H26Cl2N4O3S. The second kappa shape index (κ2) is 10.2. The summed E-state index contributed by atoms with van der Waals surface area (Å²) in [5, 5.41) is 5.15. The smallest absolute Gasteiger partial charge is 0.260 e. The zero-order valence-electron chi connectivity index (χ0n) is 19.6. The molecule has 0 fully saturated rings. The van der Waals surface area contributed by atoms with Gasteiger partial charge in [-0.3, -0.25) is 9.10 Å². The zero-order valence-corrected chi connectivity index (χ0v) is 21.9. The monoisotopic (exact) mass is 520 g/mol. The standard InChI is InChI=1S/C24H26Cl2N4O3S/c1-15-6-9-22(16(2)10-15)29(34(5,32)33)14-24(31)28-27-13-19-11-17(3)30(18(19)4)23-12-20(25)7-8-21(23)26/h6-13H,14H2,1-5H3,(H,28,31)/b27-13-. The highest BCUT2D eigenvalue weighted by Crippen LogP contribution is 2.28. The number of carbonyl (C=O) groups is 1. The molecule has 0 bridgehead atoms. The SMILES string of the molecule is Cc1ccc(N(CC(=O)N/N=C\c2cc(C)n(-c3cc(Cl)ccc3Cl)c2C)S(C)(=O)=O)c(C)c1. The first-order valence-corrected chi connectivity index (χ1v) is 13.0. The van der Waals surface area contributed by atoms with Gasteiger partial charge in [-0.25, -0.2) is 13.8 Å². The highest BCUT2D eigenvalue weighted by Gasteiger charge is 2.22. The summed E-state index contributed by atoms with van der Waals surface area (Å²) in [6, 6.07) is 12.5. The van der Waals surface area contributed by atoms with E-state index < -0.39 is 22.5 Å². The van der Waals surface area contributed by atoms with Crippen LogP contribution in [0.15, 0.2) is 47.6 Å². The maximum absolute atomic E-state index is 12.5. The van der Waals surface area contributed by atoms with E-state index in [1.54, 1.807) is 37.3 Å². The minimum atomic E-state index is -3.68. The van der Waals surface area contributed by atoms with Crippen molar-refractivity contribution in [3.05, 3.63) is 80.6 Å². The van der Waals surface area contributed by atoms with E-state index in [1.807, 2.05) is 37.5 Å². The third-order valence-corrected chi connectivity index (χ3v) is 7.00. The first-order chi connectivity index (χ1) is 15.9. The molecule has 0 atom stereocenters. The van der Waals surface area contributed by atoms with Gasteiger partial charge >= 0.3 is 0 Å². The molecule has 34 heavy (non-hydrogen) atoms. The fourth-order valence-electron chi connectivity index (χ4n) is 3.75. The number of nitrogens with one attached hydrogen (secondary N) is 1. The van der Waals surface area contributed by atoms with Crippen LogP contribution >= 0.6 is 23.2 Å². The lowest BCUT2D eigenvalue weighted by Gasteiger charge is -2.23. The largest absolute Gasteiger partial charge is 0.316 e. The van der Waals surface area contributed by atoms with E-state index in [9.17, 15) is 13.2 Å². The van der Waals surface area contributed by atoms with E-state index >= 15 is 0 Å². The van der Waals surface area contributed by atoms with Crippen LogP contribution in [0, 0.1) is 27.7 Å². The van der Waals surface area contributed by atoms with Gasteiger partial charge in [-0.15, -0.1) is 0 Å². The Kier molecular flexibility index (Phi) is 7.75. The van der Waals surface area contributed by atoms with Crippen LogP contribution < -0.4 is 9.73 Å². The molecule has 1 heterocycles. The fraction of sp³-hybridized carbons (Fsp3) is 0.250. The molecule has 7 nitrogen and oxygen atoms in total. The second-order valence-electron chi connectivity index (χ2n) is 8.11. The van der Waals surface area contributed by atoms with Gasteiger partial charge in [-0.05, 0) is 63.6 Å². The van der Waals surface area contributed by atoms with Gasteiger partial charge < -0.3 is 4.57 Å². The van der Waals surface area contributed by atoms with Gasteiger partial charge in [-0.2, -0.15) is 5.10 Å². The van der Waals surface area contributed by atoms with E-state index in [0.29, 0.717) is 15.7 Å². The third kappa shape index (κ3) is 5.81. The normalized spacial score (nSPS) is 11.7. The Morgan fingerprint density at radius 2 is 1.79 bits per heavy atom. The molecule has 1 aromatic heterocycles. The van der Waals surface area contributed by atoms with Gasteiger partial charge in [0.05, 0.1) is 28.9 Å². The summed E-state index contributed by atoms with van der Waals surface area (Å²) < 4.78 is 27.7. The van der Waals surface area contributed by atoms with Crippen molar-refractivity contribution >= 4 is 51.0 Å². The predicted molar refractivity (Wildman–Crippen MR) is 139 cm³/mol. The molecule has 3 rings (SSSR count). The molecule has 2 aromatic carbocycles. The van der Waals surface area contributed by atoms with Gasteiger partial charge in [0.2, 0.25) is 10.0 Å². The van der Waals surface area contributed by atoms with Gasteiger partial charge in [0.1, 0.15) is 6.54 Å². The molecule has 0 spiro atoms. The van der Waals surface area contributed by atoms with E-state index in [2.05, 4.69) is 10.5 Å². The number of aromatic nitrogens is 1. The maximum Gasteiger partial charge on any atom is 0.260 e. The van der Waals surface area contributed by atoms with Crippen LogP contribution in [-0.2, 0) is 14.8 Å². The Morgan fingerprint density at radius 3 is 2.44 bits per heavy atom. The molecule has 0 aliphatic rings. The van der Waals surface area contributed by atoms with Crippen LogP contribution in [0.3, 0.4) is 0 Å². The average Bonchev–Trinajstić information content (AvgIpc) is 3.01. The molecule has 0 saturated heterocycles. The molecule has 0 saturated carbocycles. The van der Waals surface area contributed by atoms with Crippen LogP contribution in [-0.4, -0.2) is 37.9 Å². The first-order valence-electron chi connectivity index (χ1n) is 10.4. The number of rotatable bonds is 7. The molecule has 1 N–H and O–H groups in total. The average molecular weight is 521 g/mol. The molecular weight excluding hydrogens is 495 g/mol.